The number of hydrogen-bond acceptors (Lipinski definition) is 3. The lowest BCUT2D eigenvalue weighted by atomic mass is 10.0. The number of ether oxygens (including phenoxy) is 2. The van der Waals surface area contributed by atoms with E-state index in [1.165, 1.54) is 5.56 Å². The molecule has 0 radical (unpaired) electrons. The van der Waals surface area contributed by atoms with E-state index in [-0.39, 0.29) is 0 Å². The summed E-state index contributed by atoms with van der Waals surface area (Å²) in [4.78, 5) is 2.26. The largest absolute Gasteiger partial charge is 0.490 e. The van der Waals surface area contributed by atoms with E-state index in [0.717, 1.165) is 49.0 Å². The molecule has 5 heteroatoms. The third-order valence-electron chi connectivity index (χ3n) is 4.07. The van der Waals surface area contributed by atoms with Gasteiger partial charge in [0.1, 0.15) is 0 Å². The minimum Gasteiger partial charge on any atom is -0.490 e. The van der Waals surface area contributed by atoms with Crippen LogP contribution in [0, 0.1) is 0 Å². The summed E-state index contributed by atoms with van der Waals surface area (Å²) in [5.74, 6) is 1.70. The topological polar surface area (TPSA) is 33.7 Å². The monoisotopic (exact) mass is 318 g/mol. The lowest BCUT2D eigenvalue weighted by molar-refractivity contribution is 0.296. The van der Waals surface area contributed by atoms with Crippen LogP contribution in [0.3, 0.4) is 0 Å². The second-order valence-electron chi connectivity index (χ2n) is 5.58. The number of nitrogens with one attached hydrogen (secondary N) is 1. The lowest BCUT2D eigenvalue weighted by Gasteiger charge is -2.28. The van der Waals surface area contributed by atoms with E-state index in [1.807, 2.05) is 12.1 Å². The molecule has 1 N–H and O–H groups in total. The zero-order valence-corrected chi connectivity index (χ0v) is 13.5. The molecule has 1 aromatic rings. The molecule has 0 aliphatic carbocycles. The second-order valence-corrected chi connectivity index (χ2v) is 5.97. The average Bonchev–Trinajstić information content (AvgIpc) is 2.91. The van der Waals surface area contributed by atoms with Crippen LogP contribution < -0.4 is 14.8 Å². The zero-order valence-electron chi connectivity index (χ0n) is 12.7. The molecule has 22 heavy (non-hydrogen) atoms. The van der Waals surface area contributed by atoms with Gasteiger partial charge in [-0.25, -0.2) is 0 Å². The van der Waals surface area contributed by atoms with Crippen LogP contribution in [0.5, 0.6) is 11.5 Å². The molecule has 0 unspecified atom stereocenters. The van der Waals surface area contributed by atoms with Crippen LogP contribution in [0.25, 0.3) is 0 Å². The molecule has 3 rings (SSSR count). The third kappa shape index (κ3) is 3.19. The van der Waals surface area contributed by atoms with Crippen LogP contribution in [-0.2, 0) is 0 Å². The molecule has 2 heterocycles. The van der Waals surface area contributed by atoms with E-state index < -0.39 is 0 Å². The molecule has 0 aromatic heterocycles. The van der Waals surface area contributed by atoms with Gasteiger partial charge in [0.15, 0.2) is 16.6 Å². The molecule has 2 aliphatic rings. The van der Waals surface area contributed by atoms with Crippen molar-refractivity contribution < 1.29 is 9.47 Å². The Bertz CT molecular complexity index is 562. The van der Waals surface area contributed by atoms with Crippen molar-refractivity contribution in [1.82, 2.24) is 10.2 Å². The third-order valence-corrected chi connectivity index (χ3v) is 4.45. The molecule has 4 nitrogen and oxygen atoms in total. The Balaban J connectivity index is 1.79. The van der Waals surface area contributed by atoms with Crippen molar-refractivity contribution in [2.75, 3.05) is 26.3 Å². The number of hydrogen-bond donors (Lipinski definition) is 1. The first-order valence-electron chi connectivity index (χ1n) is 7.84. The van der Waals surface area contributed by atoms with Gasteiger partial charge in [-0.05, 0) is 42.8 Å². The van der Waals surface area contributed by atoms with Gasteiger partial charge >= 0.3 is 0 Å². The Morgan fingerprint density at radius 3 is 2.95 bits per heavy atom. The van der Waals surface area contributed by atoms with Gasteiger partial charge in [-0.3, -0.25) is 0 Å². The van der Waals surface area contributed by atoms with Crippen LogP contribution >= 0.6 is 12.2 Å². The Morgan fingerprint density at radius 1 is 1.32 bits per heavy atom. The Hall–Kier alpha value is -1.75. The summed E-state index contributed by atoms with van der Waals surface area (Å²) in [5.41, 5.74) is 1.24. The predicted octanol–water partition coefficient (Wildman–Crippen LogP) is 3.05. The molecule has 118 valence electrons. The summed E-state index contributed by atoms with van der Waals surface area (Å²) >= 11 is 5.51. The van der Waals surface area contributed by atoms with Crippen LogP contribution in [0.1, 0.15) is 30.9 Å². The van der Waals surface area contributed by atoms with E-state index in [9.17, 15) is 0 Å². The molecule has 1 saturated heterocycles. The van der Waals surface area contributed by atoms with Gasteiger partial charge in [-0.2, -0.15) is 0 Å². The van der Waals surface area contributed by atoms with Crippen LogP contribution in [0.4, 0.5) is 0 Å². The molecule has 0 amide bonds. The fourth-order valence-electron chi connectivity index (χ4n) is 3.00. The number of rotatable bonds is 3. The molecule has 0 saturated carbocycles. The number of benzene rings is 1. The molecule has 1 atom stereocenters. The summed E-state index contributed by atoms with van der Waals surface area (Å²) in [7, 11) is 0. The number of thiocarbonyl (C=S) groups is 1. The summed E-state index contributed by atoms with van der Waals surface area (Å²) < 4.78 is 11.5. The van der Waals surface area contributed by atoms with E-state index in [4.69, 9.17) is 21.7 Å². The summed E-state index contributed by atoms with van der Waals surface area (Å²) in [6, 6.07) is 6.57. The quantitative estimate of drug-likeness (QED) is 0.684. The van der Waals surface area contributed by atoms with Crippen molar-refractivity contribution in [3.63, 3.8) is 0 Å². The molecular formula is C17H22N2O2S. The molecule has 2 aliphatic heterocycles. The molecule has 1 aromatic carbocycles. The average molecular weight is 318 g/mol. The van der Waals surface area contributed by atoms with Gasteiger partial charge in [0.05, 0.1) is 19.3 Å². The summed E-state index contributed by atoms with van der Waals surface area (Å²) in [6.07, 6.45) is 5.00. The Labute approximate surface area is 137 Å². The highest BCUT2D eigenvalue weighted by Crippen LogP contribution is 2.37. The van der Waals surface area contributed by atoms with Crippen molar-refractivity contribution in [3.8, 4) is 11.5 Å². The fourth-order valence-corrected chi connectivity index (χ4v) is 3.31. The number of likely N-dealkylation sites (tertiary alicyclic amines) is 1. The second kappa shape index (κ2) is 7.01. The minimum absolute atomic E-state index is 0.307. The van der Waals surface area contributed by atoms with Gasteiger partial charge in [-0.15, -0.1) is 6.58 Å². The molecular weight excluding hydrogens is 296 g/mol. The maximum atomic E-state index is 5.80. The Morgan fingerprint density at radius 2 is 2.14 bits per heavy atom. The van der Waals surface area contributed by atoms with Crippen molar-refractivity contribution >= 4 is 17.3 Å². The molecule has 0 bridgehead atoms. The van der Waals surface area contributed by atoms with Crippen LogP contribution in [0.15, 0.2) is 30.9 Å². The van der Waals surface area contributed by atoms with Crippen molar-refractivity contribution in [2.45, 2.75) is 25.3 Å². The van der Waals surface area contributed by atoms with Gasteiger partial charge in [0.2, 0.25) is 0 Å². The van der Waals surface area contributed by atoms with Crippen LogP contribution in [0.2, 0.25) is 0 Å². The highest BCUT2D eigenvalue weighted by atomic mass is 32.1. The summed E-state index contributed by atoms with van der Waals surface area (Å²) in [6.45, 7) is 6.84. The maximum Gasteiger partial charge on any atom is 0.169 e. The smallest absolute Gasteiger partial charge is 0.169 e. The number of fused-ring (bicyclic) bond motifs is 1. The molecule has 0 spiro atoms. The fraction of sp³-hybridized carbons (Fsp3) is 0.471. The van der Waals surface area contributed by atoms with Gasteiger partial charge in [0.25, 0.3) is 0 Å². The highest BCUT2D eigenvalue weighted by Gasteiger charge is 2.28. The van der Waals surface area contributed by atoms with E-state index in [2.05, 4.69) is 28.9 Å². The predicted molar refractivity (Wildman–Crippen MR) is 91.5 cm³/mol. The van der Waals surface area contributed by atoms with Gasteiger partial charge in [0, 0.05) is 19.5 Å². The van der Waals surface area contributed by atoms with E-state index in [1.54, 1.807) is 0 Å². The Kier molecular flexibility index (Phi) is 4.83. The van der Waals surface area contributed by atoms with Gasteiger partial charge in [-0.1, -0.05) is 12.1 Å². The van der Waals surface area contributed by atoms with Crippen molar-refractivity contribution in [3.05, 3.63) is 36.4 Å². The standard InChI is InChI=1S/C17H22N2O2S/c1-2-8-18-17(22)19-9-3-5-14(19)13-6-7-15-16(12-13)21-11-4-10-20-15/h2,6-7,12,14H,1,3-5,8-11H2,(H,18,22)/t14-/m0/s1. The first-order valence-corrected chi connectivity index (χ1v) is 8.25. The zero-order chi connectivity index (χ0) is 15.4. The molecule has 1 fully saturated rings. The maximum absolute atomic E-state index is 5.80. The minimum atomic E-state index is 0.307. The first-order chi connectivity index (χ1) is 10.8. The highest BCUT2D eigenvalue weighted by molar-refractivity contribution is 7.80. The first kappa shape index (κ1) is 15.2. The van der Waals surface area contributed by atoms with Gasteiger partial charge < -0.3 is 19.7 Å². The lowest BCUT2D eigenvalue weighted by Crippen LogP contribution is -2.39. The van der Waals surface area contributed by atoms with Crippen molar-refractivity contribution in [1.29, 1.82) is 0 Å². The van der Waals surface area contributed by atoms with E-state index >= 15 is 0 Å². The van der Waals surface area contributed by atoms with Crippen LogP contribution in [-0.4, -0.2) is 36.3 Å². The normalized spacial score (nSPS) is 20.4. The SMILES string of the molecule is C=CCNC(=S)N1CCC[C@H]1c1ccc2c(c1)OCCCO2. The summed E-state index contributed by atoms with van der Waals surface area (Å²) in [5, 5.41) is 4.03. The van der Waals surface area contributed by atoms with E-state index in [0.29, 0.717) is 19.2 Å². The number of nitrogens with zero attached hydrogens (tertiary/aromatic N) is 1. The van der Waals surface area contributed by atoms with Crippen molar-refractivity contribution in [2.24, 2.45) is 0 Å².